The van der Waals surface area contributed by atoms with Crippen LogP contribution in [0.3, 0.4) is 0 Å². The second-order valence-electron chi connectivity index (χ2n) is 7.72. The lowest BCUT2D eigenvalue weighted by atomic mass is 9.89. The first-order chi connectivity index (χ1) is 10.1. The Bertz CT molecular complexity index is 558. The maximum atomic E-state index is 11.7. The van der Waals surface area contributed by atoms with Crippen LogP contribution in [0.5, 0.6) is 0 Å². The highest BCUT2D eigenvalue weighted by atomic mass is 28.4. The fourth-order valence-corrected chi connectivity index (χ4v) is 4.05. The number of esters is 1. The van der Waals surface area contributed by atoms with Crippen molar-refractivity contribution in [3.05, 3.63) is 34.9 Å². The van der Waals surface area contributed by atoms with Crippen molar-refractivity contribution in [1.82, 2.24) is 0 Å². The summed E-state index contributed by atoms with van der Waals surface area (Å²) >= 11 is 0. The molecule has 1 aliphatic rings. The highest BCUT2D eigenvalue weighted by molar-refractivity contribution is 6.74. The molecular formula is C18H28O3Si. The molecule has 0 saturated heterocycles. The fraction of sp³-hybridized carbons (Fsp3) is 0.611. The van der Waals surface area contributed by atoms with Gasteiger partial charge in [0, 0.05) is 6.10 Å². The van der Waals surface area contributed by atoms with E-state index in [-0.39, 0.29) is 17.1 Å². The Labute approximate surface area is 135 Å². The standard InChI is InChI=1S/C18H28O3Si/c1-18(2,3)22(5,6)21-16-10-9-13-7-8-14(17(19)20-4)11-15(13)12-16/h7-8,11,16H,9-10,12H2,1-6H3. The third kappa shape index (κ3) is 3.61. The number of ether oxygens (including phenoxy) is 1. The Kier molecular flexibility index (Phi) is 4.83. The molecule has 0 saturated carbocycles. The summed E-state index contributed by atoms with van der Waals surface area (Å²) in [5, 5.41) is 0.223. The topological polar surface area (TPSA) is 35.5 Å². The van der Waals surface area contributed by atoms with Gasteiger partial charge in [-0.25, -0.2) is 4.79 Å². The molecule has 3 nitrogen and oxygen atoms in total. The lowest BCUT2D eigenvalue weighted by molar-refractivity contribution is 0.0600. The fourth-order valence-electron chi connectivity index (χ4n) is 2.66. The van der Waals surface area contributed by atoms with E-state index in [9.17, 15) is 4.79 Å². The molecule has 1 unspecified atom stereocenters. The average molecular weight is 321 g/mol. The van der Waals surface area contributed by atoms with Crippen molar-refractivity contribution in [2.75, 3.05) is 7.11 Å². The Balaban J connectivity index is 2.15. The molecule has 0 bridgehead atoms. The number of benzene rings is 1. The molecule has 1 atom stereocenters. The lowest BCUT2D eigenvalue weighted by Crippen LogP contribution is -2.45. The average Bonchev–Trinajstić information content (AvgIpc) is 2.44. The molecule has 0 N–H and O–H groups in total. The van der Waals surface area contributed by atoms with Crippen LogP contribution in [0.4, 0.5) is 0 Å². The molecule has 0 aliphatic heterocycles. The molecule has 0 fully saturated rings. The Morgan fingerprint density at radius 2 is 1.91 bits per heavy atom. The molecule has 22 heavy (non-hydrogen) atoms. The van der Waals surface area contributed by atoms with Gasteiger partial charge in [0.25, 0.3) is 0 Å². The summed E-state index contributed by atoms with van der Waals surface area (Å²) in [7, 11) is -0.326. The van der Waals surface area contributed by atoms with Crippen LogP contribution in [-0.4, -0.2) is 27.5 Å². The third-order valence-electron chi connectivity index (χ3n) is 5.08. The van der Waals surface area contributed by atoms with E-state index in [2.05, 4.69) is 39.9 Å². The number of rotatable bonds is 3. The largest absolute Gasteiger partial charge is 0.465 e. The van der Waals surface area contributed by atoms with Crippen molar-refractivity contribution < 1.29 is 14.0 Å². The molecule has 122 valence electrons. The maximum absolute atomic E-state index is 11.7. The van der Waals surface area contributed by atoms with Gasteiger partial charge in [0.1, 0.15) is 0 Å². The highest BCUT2D eigenvalue weighted by Gasteiger charge is 2.39. The van der Waals surface area contributed by atoms with Crippen LogP contribution in [0.1, 0.15) is 48.7 Å². The summed E-state index contributed by atoms with van der Waals surface area (Å²) in [5.41, 5.74) is 3.20. The van der Waals surface area contributed by atoms with Gasteiger partial charge in [-0.3, -0.25) is 0 Å². The van der Waals surface area contributed by atoms with E-state index in [1.807, 2.05) is 12.1 Å². The normalized spacial score (nSPS) is 18.7. The van der Waals surface area contributed by atoms with Gasteiger partial charge < -0.3 is 9.16 Å². The molecule has 0 aromatic heterocycles. The first-order valence-electron chi connectivity index (χ1n) is 8.02. The number of carbonyl (C=O) groups is 1. The quantitative estimate of drug-likeness (QED) is 0.613. The van der Waals surface area contributed by atoms with Gasteiger partial charge in [-0.15, -0.1) is 0 Å². The molecular weight excluding hydrogens is 292 g/mol. The van der Waals surface area contributed by atoms with Crippen molar-refractivity contribution >= 4 is 14.3 Å². The zero-order chi connectivity index (χ0) is 16.5. The van der Waals surface area contributed by atoms with E-state index < -0.39 is 8.32 Å². The first-order valence-corrected chi connectivity index (χ1v) is 10.9. The van der Waals surface area contributed by atoms with Crippen LogP contribution in [0.15, 0.2) is 18.2 Å². The zero-order valence-electron chi connectivity index (χ0n) is 14.7. The number of carbonyl (C=O) groups excluding carboxylic acids is 1. The van der Waals surface area contributed by atoms with Gasteiger partial charge in [-0.05, 0) is 60.7 Å². The molecule has 4 heteroatoms. The Morgan fingerprint density at radius 3 is 2.50 bits per heavy atom. The number of hydrogen-bond acceptors (Lipinski definition) is 3. The summed E-state index contributed by atoms with van der Waals surface area (Å²) in [6, 6.07) is 5.89. The van der Waals surface area contributed by atoms with Crippen LogP contribution in [0.2, 0.25) is 18.1 Å². The molecule has 0 heterocycles. The molecule has 1 aliphatic carbocycles. The van der Waals surface area contributed by atoms with Gasteiger partial charge in [0.2, 0.25) is 0 Å². The second kappa shape index (κ2) is 6.17. The van der Waals surface area contributed by atoms with E-state index >= 15 is 0 Å². The van der Waals surface area contributed by atoms with E-state index in [0.717, 1.165) is 19.3 Å². The van der Waals surface area contributed by atoms with Gasteiger partial charge in [0.15, 0.2) is 8.32 Å². The minimum atomic E-state index is -1.75. The highest BCUT2D eigenvalue weighted by Crippen LogP contribution is 2.39. The summed E-state index contributed by atoms with van der Waals surface area (Å²) in [6.45, 7) is 11.4. The predicted molar refractivity (Wildman–Crippen MR) is 91.9 cm³/mol. The number of methoxy groups -OCH3 is 1. The first kappa shape index (κ1) is 17.2. The van der Waals surface area contributed by atoms with Crippen molar-refractivity contribution in [3.63, 3.8) is 0 Å². The SMILES string of the molecule is COC(=O)c1ccc2c(c1)CC(O[Si](C)(C)C(C)(C)C)CC2. The maximum Gasteiger partial charge on any atom is 0.337 e. The van der Waals surface area contributed by atoms with Crippen LogP contribution in [0, 0.1) is 0 Å². The third-order valence-corrected chi connectivity index (χ3v) is 9.61. The van der Waals surface area contributed by atoms with Crippen molar-refractivity contribution in [1.29, 1.82) is 0 Å². The lowest BCUT2D eigenvalue weighted by Gasteiger charge is -2.40. The van der Waals surface area contributed by atoms with E-state index in [0.29, 0.717) is 5.56 Å². The molecule has 1 aromatic rings. The molecule has 2 rings (SSSR count). The molecule has 0 radical (unpaired) electrons. The van der Waals surface area contributed by atoms with Crippen molar-refractivity contribution in [2.45, 2.75) is 64.3 Å². The number of hydrogen-bond donors (Lipinski definition) is 0. The van der Waals surface area contributed by atoms with Crippen LogP contribution in [-0.2, 0) is 22.0 Å². The van der Waals surface area contributed by atoms with Gasteiger partial charge in [-0.2, -0.15) is 0 Å². The second-order valence-corrected chi connectivity index (χ2v) is 12.5. The number of fused-ring (bicyclic) bond motifs is 1. The summed E-state index contributed by atoms with van der Waals surface area (Å²) in [4.78, 5) is 11.7. The molecule has 0 spiro atoms. The smallest absolute Gasteiger partial charge is 0.337 e. The zero-order valence-corrected chi connectivity index (χ0v) is 15.7. The summed E-state index contributed by atoms with van der Waals surface area (Å²) in [5.74, 6) is -0.268. The Morgan fingerprint density at radius 1 is 1.23 bits per heavy atom. The predicted octanol–water partition coefficient (Wildman–Crippen LogP) is 4.35. The Hall–Kier alpha value is -1.13. The van der Waals surface area contributed by atoms with E-state index in [1.165, 1.54) is 18.2 Å². The number of aryl methyl sites for hydroxylation is 1. The minimum Gasteiger partial charge on any atom is -0.465 e. The van der Waals surface area contributed by atoms with Crippen LogP contribution >= 0.6 is 0 Å². The van der Waals surface area contributed by atoms with E-state index in [4.69, 9.17) is 9.16 Å². The van der Waals surface area contributed by atoms with Gasteiger partial charge in [0.05, 0.1) is 12.7 Å². The van der Waals surface area contributed by atoms with Gasteiger partial charge >= 0.3 is 5.97 Å². The summed E-state index contributed by atoms with van der Waals surface area (Å²) in [6.07, 6.45) is 3.25. The van der Waals surface area contributed by atoms with Gasteiger partial charge in [-0.1, -0.05) is 26.8 Å². The summed E-state index contributed by atoms with van der Waals surface area (Å²) < 4.78 is 11.4. The van der Waals surface area contributed by atoms with Crippen LogP contribution in [0.25, 0.3) is 0 Å². The van der Waals surface area contributed by atoms with Crippen molar-refractivity contribution in [2.24, 2.45) is 0 Å². The van der Waals surface area contributed by atoms with Crippen molar-refractivity contribution in [3.8, 4) is 0 Å². The minimum absolute atomic E-state index is 0.223. The monoisotopic (exact) mass is 320 g/mol. The molecule has 0 amide bonds. The van der Waals surface area contributed by atoms with Crippen LogP contribution < -0.4 is 0 Å². The van der Waals surface area contributed by atoms with E-state index in [1.54, 1.807) is 0 Å². The molecule has 1 aromatic carbocycles.